The molecule has 0 radical (unpaired) electrons. The van der Waals surface area contributed by atoms with Gasteiger partial charge in [0, 0.05) is 23.1 Å². The minimum absolute atomic E-state index is 0. The Morgan fingerprint density at radius 2 is 0.638 bits per heavy atom. The molecule has 12 heteroatoms. The summed E-state index contributed by atoms with van der Waals surface area (Å²) in [5, 5.41) is 44.9. The number of rotatable bonds is 22. The quantitative estimate of drug-likeness (QED) is 0.0718. The summed E-state index contributed by atoms with van der Waals surface area (Å²) in [5.41, 5.74) is 0.496. The maximum atomic E-state index is 10.7. The molecule has 0 bridgehead atoms. The van der Waals surface area contributed by atoms with Crippen molar-refractivity contribution in [2.24, 2.45) is 0 Å². The number of aromatic carboxylic acids is 2. The van der Waals surface area contributed by atoms with Crippen molar-refractivity contribution in [3.05, 3.63) is 96.1 Å². The minimum Gasteiger partial charge on any atom is -2.00 e. The average Bonchev–Trinajstić information content (AvgIpc) is 3.16. The van der Waals surface area contributed by atoms with Crippen LogP contribution in [-0.2, 0) is 72.9 Å². The Labute approximate surface area is 384 Å². The third-order valence-corrected chi connectivity index (χ3v) is 8.99. The Bertz CT molecular complexity index is 1520. The molecule has 10 nitrogen and oxygen atoms in total. The van der Waals surface area contributed by atoms with Crippen LogP contribution in [0.25, 0.3) is 21.5 Å². The summed E-state index contributed by atoms with van der Waals surface area (Å²) < 4.78 is 0. The fourth-order valence-corrected chi connectivity index (χ4v) is 5.97. The topological polar surface area (TPSA) is 218 Å². The molecule has 0 aliphatic rings. The van der Waals surface area contributed by atoms with Gasteiger partial charge in [-0.25, -0.2) is 0 Å². The van der Waals surface area contributed by atoms with E-state index in [4.69, 9.17) is 0 Å². The van der Waals surface area contributed by atoms with E-state index >= 15 is 0 Å². The zero-order valence-electron chi connectivity index (χ0n) is 34.3. The van der Waals surface area contributed by atoms with Crippen molar-refractivity contribution in [1.82, 2.24) is 0 Å². The summed E-state index contributed by atoms with van der Waals surface area (Å²) in [4.78, 5) is 41.6. The number of fused-ring (bicyclic) bond motifs is 2. The van der Waals surface area contributed by atoms with Crippen molar-refractivity contribution >= 4 is 45.4 Å². The van der Waals surface area contributed by atoms with E-state index in [0.29, 0.717) is 0 Å². The van der Waals surface area contributed by atoms with Crippen LogP contribution in [0, 0.1) is 0 Å². The van der Waals surface area contributed by atoms with Crippen LogP contribution in [0.2, 0.25) is 0 Å². The number of hydrogen-bond acceptors (Lipinski definition) is 8. The Morgan fingerprint density at radius 3 is 0.914 bits per heavy atom. The SMILES string of the molecule is CCCCCCCCCCCC(=O)[O-].CCCCCCCCCCCC(=O)[O-].O=C([O-])c1cccc2ccccc12.O=C([O-])c1cccc2ccccc12.[O-2].[O-2].[Zr+4].[Zr+4]. The van der Waals surface area contributed by atoms with Crippen molar-refractivity contribution in [3.63, 3.8) is 0 Å². The predicted molar refractivity (Wildman–Crippen MR) is 212 cm³/mol. The van der Waals surface area contributed by atoms with E-state index in [2.05, 4.69) is 13.8 Å². The Morgan fingerprint density at radius 1 is 0.379 bits per heavy atom. The fraction of sp³-hybridized carbons (Fsp3) is 0.478. The minimum atomic E-state index is -1.13. The maximum Gasteiger partial charge on any atom is 4.00 e. The van der Waals surface area contributed by atoms with E-state index in [1.165, 1.54) is 89.9 Å². The van der Waals surface area contributed by atoms with E-state index in [9.17, 15) is 39.6 Å². The fourth-order valence-electron chi connectivity index (χ4n) is 5.97. The number of hydrogen-bond donors (Lipinski definition) is 0. The van der Waals surface area contributed by atoms with Gasteiger partial charge < -0.3 is 50.6 Å². The van der Waals surface area contributed by atoms with Crippen LogP contribution in [0.5, 0.6) is 0 Å². The van der Waals surface area contributed by atoms with Gasteiger partial charge in [0.15, 0.2) is 0 Å². The molecule has 0 amide bonds. The van der Waals surface area contributed by atoms with E-state index in [-0.39, 0.29) is 87.3 Å². The van der Waals surface area contributed by atoms with Crippen LogP contribution in [0.3, 0.4) is 0 Å². The van der Waals surface area contributed by atoms with Crippen LogP contribution in [-0.4, -0.2) is 23.9 Å². The zero-order chi connectivity index (χ0) is 39.8. The van der Waals surface area contributed by atoms with Crippen molar-refractivity contribution in [1.29, 1.82) is 0 Å². The molecular weight excluding hydrogens is 895 g/mol. The number of carboxylic acids is 4. The van der Waals surface area contributed by atoms with Crippen molar-refractivity contribution < 1.29 is 103 Å². The first-order valence-electron chi connectivity index (χ1n) is 19.9. The summed E-state index contributed by atoms with van der Waals surface area (Å²) >= 11 is 0. The Hall–Kier alpha value is -3.03. The molecular formula is C46H60O10Zr2. The van der Waals surface area contributed by atoms with Gasteiger partial charge in [-0.2, -0.15) is 0 Å². The monoisotopic (exact) mass is 952 g/mol. The molecule has 312 valence electrons. The van der Waals surface area contributed by atoms with Crippen LogP contribution in [0.1, 0.15) is 163 Å². The van der Waals surface area contributed by atoms with Crippen molar-refractivity contribution in [2.75, 3.05) is 0 Å². The van der Waals surface area contributed by atoms with Crippen LogP contribution in [0.4, 0.5) is 0 Å². The molecule has 0 spiro atoms. The average molecular weight is 955 g/mol. The second-order valence-corrected chi connectivity index (χ2v) is 13.5. The van der Waals surface area contributed by atoms with Crippen LogP contribution >= 0.6 is 0 Å². The summed E-state index contributed by atoms with van der Waals surface area (Å²) in [5.74, 6) is -4.07. The third-order valence-electron chi connectivity index (χ3n) is 8.99. The van der Waals surface area contributed by atoms with Gasteiger partial charge >= 0.3 is 52.4 Å². The summed E-state index contributed by atoms with van der Waals surface area (Å²) in [6, 6.07) is 25.0. The molecule has 0 unspecified atom stereocenters. The van der Waals surface area contributed by atoms with E-state index in [0.717, 1.165) is 47.2 Å². The number of unbranched alkanes of at least 4 members (excludes halogenated alkanes) is 16. The standard InChI is InChI=1S/2C12H24O2.2C11H8O2.2O.2Zr/c2*1-2-3-4-5-6-7-8-9-10-11-12(13)14;2*12-11(13)10-7-3-5-8-4-1-2-6-9(8)10;;;;/h2*2-11H2,1H3,(H,13,14);2*1-7H,(H,12,13);;;;/q;;;;2*-2;2*+4/p-4. The van der Waals surface area contributed by atoms with Crippen molar-refractivity contribution in [3.8, 4) is 0 Å². The van der Waals surface area contributed by atoms with Gasteiger partial charge in [-0.3, -0.25) is 0 Å². The molecule has 58 heavy (non-hydrogen) atoms. The molecule has 0 aromatic heterocycles. The van der Waals surface area contributed by atoms with Crippen molar-refractivity contribution in [2.45, 2.75) is 142 Å². The summed E-state index contributed by atoms with van der Waals surface area (Å²) in [7, 11) is 0. The van der Waals surface area contributed by atoms with Gasteiger partial charge in [-0.05, 0) is 47.2 Å². The van der Waals surface area contributed by atoms with Gasteiger partial charge in [-0.15, -0.1) is 0 Å². The molecule has 0 fully saturated rings. The van der Waals surface area contributed by atoms with E-state index in [1.807, 2.05) is 48.5 Å². The van der Waals surface area contributed by atoms with E-state index < -0.39 is 23.9 Å². The summed E-state index contributed by atoms with van der Waals surface area (Å²) in [6.07, 6.45) is 22.3. The van der Waals surface area contributed by atoms with Gasteiger partial charge in [0.1, 0.15) is 0 Å². The van der Waals surface area contributed by atoms with Crippen LogP contribution in [0.15, 0.2) is 84.9 Å². The van der Waals surface area contributed by atoms with Gasteiger partial charge in [-0.1, -0.05) is 202 Å². The number of benzene rings is 4. The largest absolute Gasteiger partial charge is 4.00 e. The van der Waals surface area contributed by atoms with Gasteiger partial charge in [0.2, 0.25) is 0 Å². The molecule has 0 heterocycles. The van der Waals surface area contributed by atoms with E-state index in [1.54, 1.807) is 36.4 Å². The molecule has 0 saturated heterocycles. The summed E-state index contributed by atoms with van der Waals surface area (Å²) in [6.45, 7) is 4.44. The molecule has 0 atom stereocenters. The molecule has 0 saturated carbocycles. The number of carbonyl (C=O) groups excluding carboxylic acids is 4. The third kappa shape index (κ3) is 30.1. The first kappa shape index (κ1) is 61.6. The molecule has 0 N–H and O–H groups in total. The molecule has 4 aromatic carbocycles. The number of aliphatic carboxylic acids is 2. The second kappa shape index (κ2) is 40.7. The Kier molecular flexibility index (Phi) is 43.3. The molecule has 0 aliphatic heterocycles. The molecule has 4 rings (SSSR count). The second-order valence-electron chi connectivity index (χ2n) is 13.5. The zero-order valence-corrected chi connectivity index (χ0v) is 39.2. The number of carbonyl (C=O) groups is 4. The Balaban J connectivity index is -0.000000328. The maximum absolute atomic E-state index is 10.7. The first-order valence-corrected chi connectivity index (χ1v) is 19.9. The normalized spacial score (nSPS) is 9.55. The number of carboxylic acid groups (broad SMARTS) is 4. The van der Waals surface area contributed by atoms with Gasteiger partial charge in [0.25, 0.3) is 0 Å². The molecule has 0 aliphatic carbocycles. The smallest absolute Gasteiger partial charge is 2.00 e. The first-order chi connectivity index (χ1) is 26.1. The predicted octanol–water partition coefficient (Wildman–Crippen LogP) is 7.48. The van der Waals surface area contributed by atoms with Gasteiger partial charge in [0.05, 0.1) is 11.9 Å². The molecule has 4 aromatic rings. The van der Waals surface area contributed by atoms with Crippen LogP contribution < -0.4 is 20.4 Å².